The second kappa shape index (κ2) is 5.20. The quantitative estimate of drug-likeness (QED) is 0.627. The number of hydrogen-bond acceptors (Lipinski definition) is 4. The lowest BCUT2D eigenvalue weighted by Gasteiger charge is -2.10. The minimum atomic E-state index is 0.157. The molecule has 0 unspecified atom stereocenters. The number of aryl methyl sites for hydroxylation is 3. The summed E-state index contributed by atoms with van der Waals surface area (Å²) in [6.45, 7) is 5.78. The zero-order chi connectivity index (χ0) is 15.1. The largest absolute Gasteiger partial charge is 0.246 e. The van der Waals surface area contributed by atoms with Gasteiger partial charge in [0.25, 0.3) is 0 Å². The normalized spacial score (nSPS) is 11.1. The van der Waals surface area contributed by atoms with E-state index < -0.39 is 0 Å². The lowest BCUT2D eigenvalue weighted by atomic mass is 10.0. The van der Waals surface area contributed by atoms with Crippen molar-refractivity contribution in [1.29, 1.82) is 0 Å². The van der Waals surface area contributed by atoms with Gasteiger partial charge >= 0.3 is 0 Å². The molecule has 0 radical (unpaired) electrons. The van der Waals surface area contributed by atoms with Crippen molar-refractivity contribution in [2.24, 2.45) is 0 Å². The number of fused-ring (bicyclic) bond motifs is 1. The highest BCUT2D eigenvalue weighted by Gasteiger charge is 2.14. The van der Waals surface area contributed by atoms with Crippen molar-refractivity contribution < 1.29 is 0 Å². The molecule has 3 rings (SSSR count). The molecule has 1 aromatic carbocycles. The number of rotatable bonds is 1. The van der Waals surface area contributed by atoms with Crippen LogP contribution in [0.4, 0.5) is 0 Å². The molecule has 2 aromatic heterocycles. The van der Waals surface area contributed by atoms with E-state index in [2.05, 4.69) is 19.9 Å². The Balaban J connectivity index is 2.38. The molecule has 0 fully saturated rings. The molecule has 0 N–H and O–H groups in total. The standard InChI is InChI=1S/C15H12Cl2N4/c1-7-6-10(16)4-5-11(7)12-13-14(21-15(17)20-12)19-9(3)8(2)18-13/h4-6H,1-3H3. The maximum absolute atomic E-state index is 6.03. The zero-order valence-corrected chi connectivity index (χ0v) is 13.3. The van der Waals surface area contributed by atoms with Crippen LogP contribution in [-0.4, -0.2) is 19.9 Å². The molecule has 0 aliphatic carbocycles. The summed E-state index contributed by atoms with van der Waals surface area (Å²) in [4.78, 5) is 17.5. The first-order chi connectivity index (χ1) is 9.95. The molecule has 3 aromatic rings. The summed E-state index contributed by atoms with van der Waals surface area (Å²) >= 11 is 12.0. The predicted molar refractivity (Wildman–Crippen MR) is 84.8 cm³/mol. The van der Waals surface area contributed by atoms with E-state index in [-0.39, 0.29) is 5.28 Å². The third kappa shape index (κ3) is 2.57. The highest BCUT2D eigenvalue weighted by molar-refractivity contribution is 6.30. The second-order valence-corrected chi connectivity index (χ2v) is 5.64. The molecule has 0 saturated carbocycles. The molecule has 2 heterocycles. The molecule has 106 valence electrons. The Morgan fingerprint density at radius 3 is 2.29 bits per heavy atom. The molecule has 0 atom stereocenters. The summed E-state index contributed by atoms with van der Waals surface area (Å²) in [6.07, 6.45) is 0. The molecule has 4 nitrogen and oxygen atoms in total. The molecule has 0 aliphatic rings. The van der Waals surface area contributed by atoms with Crippen molar-refractivity contribution in [3.8, 4) is 11.3 Å². The van der Waals surface area contributed by atoms with Gasteiger partial charge in [-0.05, 0) is 50.1 Å². The molecule has 0 amide bonds. The SMILES string of the molecule is Cc1cc(Cl)ccc1-c1nc(Cl)nc2nc(C)c(C)nc12. The number of nitrogens with zero attached hydrogens (tertiary/aromatic N) is 4. The van der Waals surface area contributed by atoms with Crippen molar-refractivity contribution >= 4 is 34.4 Å². The summed E-state index contributed by atoms with van der Waals surface area (Å²) < 4.78 is 0. The Bertz CT molecular complexity index is 862. The maximum Gasteiger partial charge on any atom is 0.225 e. The van der Waals surface area contributed by atoms with Crippen LogP contribution in [0.5, 0.6) is 0 Å². The van der Waals surface area contributed by atoms with Crippen molar-refractivity contribution in [3.05, 3.63) is 45.5 Å². The van der Waals surface area contributed by atoms with Gasteiger partial charge in [0.2, 0.25) is 5.28 Å². The average Bonchev–Trinajstić information content (AvgIpc) is 2.40. The Morgan fingerprint density at radius 2 is 1.57 bits per heavy atom. The Hall–Kier alpha value is -1.78. The first-order valence-electron chi connectivity index (χ1n) is 6.40. The Labute approximate surface area is 132 Å². The van der Waals surface area contributed by atoms with Gasteiger partial charge in [0.05, 0.1) is 11.4 Å². The molecule has 6 heteroatoms. The van der Waals surface area contributed by atoms with Gasteiger partial charge in [-0.2, -0.15) is 4.98 Å². The highest BCUT2D eigenvalue weighted by atomic mass is 35.5. The predicted octanol–water partition coefficient (Wildman–Crippen LogP) is 4.32. The maximum atomic E-state index is 6.03. The molecule has 0 aliphatic heterocycles. The number of aromatic nitrogens is 4. The van der Waals surface area contributed by atoms with Gasteiger partial charge in [-0.25, -0.2) is 15.0 Å². The molecule has 21 heavy (non-hydrogen) atoms. The van der Waals surface area contributed by atoms with E-state index in [1.165, 1.54) is 0 Å². The van der Waals surface area contributed by atoms with Crippen LogP contribution >= 0.6 is 23.2 Å². The van der Waals surface area contributed by atoms with Crippen LogP contribution in [0.1, 0.15) is 17.0 Å². The fourth-order valence-corrected chi connectivity index (χ4v) is 2.56. The number of halogens is 2. The number of benzene rings is 1. The van der Waals surface area contributed by atoms with Crippen molar-refractivity contribution in [3.63, 3.8) is 0 Å². The lowest BCUT2D eigenvalue weighted by molar-refractivity contribution is 1.06. The lowest BCUT2D eigenvalue weighted by Crippen LogP contribution is -2.00. The molecule has 0 bridgehead atoms. The van der Waals surface area contributed by atoms with Crippen LogP contribution in [0.25, 0.3) is 22.4 Å². The van der Waals surface area contributed by atoms with E-state index in [4.69, 9.17) is 23.2 Å². The van der Waals surface area contributed by atoms with Crippen LogP contribution in [0.2, 0.25) is 10.3 Å². The average molecular weight is 319 g/mol. The van der Waals surface area contributed by atoms with E-state index in [0.29, 0.717) is 21.9 Å². The monoisotopic (exact) mass is 318 g/mol. The van der Waals surface area contributed by atoms with Crippen molar-refractivity contribution in [2.45, 2.75) is 20.8 Å². The molecular formula is C15H12Cl2N4. The van der Waals surface area contributed by atoms with Crippen molar-refractivity contribution in [1.82, 2.24) is 19.9 Å². The van der Waals surface area contributed by atoms with Gasteiger partial charge in [0, 0.05) is 10.6 Å². The van der Waals surface area contributed by atoms with Crippen LogP contribution < -0.4 is 0 Å². The van der Waals surface area contributed by atoms with E-state index in [1.54, 1.807) is 0 Å². The Kier molecular flexibility index (Phi) is 3.51. The fourth-order valence-electron chi connectivity index (χ4n) is 2.17. The summed E-state index contributed by atoms with van der Waals surface area (Å²) in [7, 11) is 0. The van der Waals surface area contributed by atoms with E-state index >= 15 is 0 Å². The van der Waals surface area contributed by atoms with Crippen LogP contribution in [0.3, 0.4) is 0 Å². The van der Waals surface area contributed by atoms with Crippen molar-refractivity contribution in [2.75, 3.05) is 0 Å². The van der Waals surface area contributed by atoms with E-state index in [0.717, 1.165) is 22.5 Å². The van der Waals surface area contributed by atoms with Gasteiger partial charge in [0.1, 0.15) is 11.2 Å². The van der Waals surface area contributed by atoms with Gasteiger partial charge < -0.3 is 0 Å². The minimum absolute atomic E-state index is 0.157. The molecule has 0 spiro atoms. The molecular weight excluding hydrogens is 307 g/mol. The van der Waals surface area contributed by atoms with E-state index in [9.17, 15) is 0 Å². The van der Waals surface area contributed by atoms with Gasteiger partial charge in [-0.1, -0.05) is 17.7 Å². The fraction of sp³-hybridized carbons (Fsp3) is 0.200. The summed E-state index contributed by atoms with van der Waals surface area (Å²) in [5.74, 6) is 0. The van der Waals surface area contributed by atoms with E-state index in [1.807, 2.05) is 39.0 Å². The van der Waals surface area contributed by atoms with Gasteiger partial charge in [-0.3, -0.25) is 0 Å². The van der Waals surface area contributed by atoms with Crippen LogP contribution in [0, 0.1) is 20.8 Å². The summed E-state index contributed by atoms with van der Waals surface area (Å²) in [6, 6.07) is 5.61. The van der Waals surface area contributed by atoms with Gasteiger partial charge in [-0.15, -0.1) is 0 Å². The highest BCUT2D eigenvalue weighted by Crippen LogP contribution is 2.29. The Morgan fingerprint density at radius 1 is 0.857 bits per heavy atom. The number of hydrogen-bond donors (Lipinski definition) is 0. The third-order valence-electron chi connectivity index (χ3n) is 3.36. The first-order valence-corrected chi connectivity index (χ1v) is 7.16. The van der Waals surface area contributed by atoms with Crippen LogP contribution in [0.15, 0.2) is 18.2 Å². The topological polar surface area (TPSA) is 51.6 Å². The van der Waals surface area contributed by atoms with Gasteiger partial charge in [0.15, 0.2) is 5.65 Å². The zero-order valence-electron chi connectivity index (χ0n) is 11.8. The molecule has 0 saturated heterocycles. The first kappa shape index (κ1) is 14.2. The van der Waals surface area contributed by atoms with Crippen LogP contribution in [-0.2, 0) is 0 Å². The third-order valence-corrected chi connectivity index (χ3v) is 3.76. The summed E-state index contributed by atoms with van der Waals surface area (Å²) in [5, 5.41) is 0.836. The summed E-state index contributed by atoms with van der Waals surface area (Å²) in [5.41, 5.74) is 5.42. The smallest absolute Gasteiger partial charge is 0.225 e. The second-order valence-electron chi connectivity index (χ2n) is 4.87. The minimum Gasteiger partial charge on any atom is -0.246 e.